The quantitative estimate of drug-likeness (QED) is 0.477. The van der Waals surface area contributed by atoms with Crippen molar-refractivity contribution in [3.8, 4) is 10.6 Å². The molecule has 0 radical (unpaired) electrons. The highest BCUT2D eigenvalue weighted by molar-refractivity contribution is 7.14. The van der Waals surface area contributed by atoms with Gasteiger partial charge in [0, 0.05) is 24.6 Å². The fourth-order valence-electron chi connectivity index (χ4n) is 4.01. The molecule has 1 fully saturated rings. The van der Waals surface area contributed by atoms with Crippen molar-refractivity contribution in [2.75, 3.05) is 13.1 Å². The normalized spacial score (nSPS) is 16.4. The fourth-order valence-corrected chi connectivity index (χ4v) is 5.01. The van der Waals surface area contributed by atoms with E-state index in [0.717, 1.165) is 17.8 Å². The number of para-hydroxylation sites is 1. The summed E-state index contributed by atoms with van der Waals surface area (Å²) in [6.45, 7) is 1.07. The molecule has 2 aromatic carbocycles. The van der Waals surface area contributed by atoms with Crippen LogP contribution < -0.4 is 5.56 Å². The predicted octanol–water partition coefficient (Wildman–Crippen LogP) is 3.46. The molecular weight excluding hydrogens is 429 g/mol. The third-order valence-corrected chi connectivity index (χ3v) is 6.82. The number of hydrogen-bond donors (Lipinski definition) is 0. The number of fused-ring (bicyclic) bond motifs is 1. The van der Waals surface area contributed by atoms with Crippen molar-refractivity contribution in [1.82, 2.24) is 24.6 Å². The van der Waals surface area contributed by atoms with E-state index in [0.29, 0.717) is 34.6 Å². The Morgan fingerprint density at radius 1 is 1.12 bits per heavy atom. The van der Waals surface area contributed by atoms with Crippen LogP contribution >= 0.6 is 11.3 Å². The zero-order chi connectivity index (χ0) is 22.1. The van der Waals surface area contributed by atoms with E-state index in [4.69, 9.17) is 0 Å². The molecule has 0 unspecified atom stereocenters. The van der Waals surface area contributed by atoms with E-state index in [1.165, 1.54) is 28.3 Å². The van der Waals surface area contributed by atoms with Crippen molar-refractivity contribution < 1.29 is 9.18 Å². The third-order valence-electron chi connectivity index (χ3n) is 5.71. The molecule has 7 nitrogen and oxygen atoms in total. The highest BCUT2D eigenvalue weighted by atomic mass is 32.1. The summed E-state index contributed by atoms with van der Waals surface area (Å²) in [6.07, 6.45) is 3.14. The number of hydrogen-bond acceptors (Lipinski definition) is 6. The molecule has 162 valence electrons. The average Bonchev–Trinajstić information content (AvgIpc) is 3.31. The van der Waals surface area contributed by atoms with E-state index < -0.39 is 0 Å². The zero-order valence-corrected chi connectivity index (χ0v) is 18.0. The number of rotatable bonds is 4. The van der Waals surface area contributed by atoms with Crippen LogP contribution in [0.3, 0.4) is 0 Å². The predicted molar refractivity (Wildman–Crippen MR) is 120 cm³/mol. The van der Waals surface area contributed by atoms with Gasteiger partial charge in [-0.2, -0.15) is 0 Å². The first kappa shape index (κ1) is 20.4. The molecule has 0 N–H and O–H groups in total. The summed E-state index contributed by atoms with van der Waals surface area (Å²) >= 11 is 1.36. The molecule has 1 aliphatic rings. The average molecular weight is 450 g/mol. The van der Waals surface area contributed by atoms with E-state index in [1.807, 2.05) is 6.07 Å². The number of nitrogens with zero attached hydrogens (tertiary/aromatic N) is 5. The maximum atomic E-state index is 14.1. The van der Waals surface area contributed by atoms with E-state index in [1.54, 1.807) is 41.3 Å². The summed E-state index contributed by atoms with van der Waals surface area (Å²) < 4.78 is 15.4. The van der Waals surface area contributed by atoms with Gasteiger partial charge in [0.2, 0.25) is 5.91 Å². The minimum atomic E-state index is -0.329. The third kappa shape index (κ3) is 3.91. The molecule has 2 aromatic heterocycles. The number of amides is 1. The summed E-state index contributed by atoms with van der Waals surface area (Å²) in [5.74, 6) is -0.421. The first-order valence-corrected chi connectivity index (χ1v) is 11.2. The van der Waals surface area contributed by atoms with Crippen molar-refractivity contribution in [3.63, 3.8) is 0 Å². The van der Waals surface area contributed by atoms with Gasteiger partial charge >= 0.3 is 0 Å². The number of benzene rings is 2. The standard InChI is InChI=1S/C23H20FN5O2S/c24-18-9-3-1-7-16(18)22-27-26-21(32-22)15-6-5-11-28(12-15)20(30)13-29-14-25-19-10-4-2-8-17(19)23(29)31/h1-4,7-10,14-15H,5-6,11-13H2/t15-/m1/s1. The van der Waals surface area contributed by atoms with Gasteiger partial charge in [-0.3, -0.25) is 14.2 Å². The van der Waals surface area contributed by atoms with E-state index in [-0.39, 0.29) is 29.7 Å². The molecule has 0 bridgehead atoms. The summed E-state index contributed by atoms with van der Waals surface area (Å²) in [5, 5.41) is 10.3. The zero-order valence-electron chi connectivity index (χ0n) is 17.1. The van der Waals surface area contributed by atoms with Crippen LogP contribution in [-0.4, -0.2) is 43.6 Å². The van der Waals surface area contributed by atoms with E-state index in [2.05, 4.69) is 15.2 Å². The van der Waals surface area contributed by atoms with Crippen LogP contribution in [0, 0.1) is 5.82 Å². The largest absolute Gasteiger partial charge is 0.340 e. The first-order valence-electron chi connectivity index (χ1n) is 10.4. The maximum absolute atomic E-state index is 14.1. The van der Waals surface area contributed by atoms with E-state index in [9.17, 15) is 14.0 Å². The minimum Gasteiger partial charge on any atom is -0.340 e. The van der Waals surface area contributed by atoms with E-state index >= 15 is 0 Å². The van der Waals surface area contributed by atoms with Gasteiger partial charge in [0.05, 0.1) is 17.2 Å². The van der Waals surface area contributed by atoms with Crippen LogP contribution in [0.4, 0.5) is 4.39 Å². The highest BCUT2D eigenvalue weighted by Gasteiger charge is 2.28. The fraction of sp³-hybridized carbons (Fsp3) is 0.261. The number of carbonyl (C=O) groups is 1. The number of piperidine rings is 1. The Hall–Kier alpha value is -3.46. The van der Waals surface area contributed by atoms with Gasteiger partial charge < -0.3 is 4.90 Å². The summed E-state index contributed by atoms with van der Waals surface area (Å²) in [5.41, 5.74) is 0.820. The van der Waals surface area contributed by atoms with Crippen LogP contribution in [0.5, 0.6) is 0 Å². The molecule has 1 saturated heterocycles. The van der Waals surface area contributed by atoms with Gasteiger partial charge in [-0.05, 0) is 37.1 Å². The van der Waals surface area contributed by atoms with Crippen molar-refractivity contribution in [2.45, 2.75) is 25.3 Å². The second-order valence-electron chi connectivity index (χ2n) is 7.80. The van der Waals surface area contributed by atoms with Crippen LogP contribution in [0.15, 0.2) is 59.7 Å². The summed E-state index contributed by atoms with van der Waals surface area (Å²) in [7, 11) is 0. The smallest absolute Gasteiger partial charge is 0.261 e. The van der Waals surface area contributed by atoms with Gasteiger partial charge in [-0.15, -0.1) is 10.2 Å². The summed E-state index contributed by atoms with van der Waals surface area (Å²) in [4.78, 5) is 31.7. The first-order chi connectivity index (χ1) is 15.6. The van der Waals surface area contributed by atoms with Gasteiger partial charge in [-0.1, -0.05) is 35.6 Å². The van der Waals surface area contributed by atoms with Gasteiger partial charge in [0.25, 0.3) is 5.56 Å². The Bertz CT molecular complexity index is 1350. The number of likely N-dealkylation sites (tertiary alicyclic amines) is 1. The Labute approximate surface area is 187 Å². The molecule has 0 spiro atoms. The second-order valence-corrected chi connectivity index (χ2v) is 8.81. The lowest BCUT2D eigenvalue weighted by molar-refractivity contribution is -0.133. The monoisotopic (exact) mass is 449 g/mol. The van der Waals surface area contributed by atoms with Crippen molar-refractivity contribution >= 4 is 28.1 Å². The molecule has 4 aromatic rings. The van der Waals surface area contributed by atoms with Crippen LogP contribution in [0.2, 0.25) is 0 Å². The van der Waals surface area contributed by atoms with Crippen molar-refractivity contribution in [1.29, 1.82) is 0 Å². The van der Waals surface area contributed by atoms with Crippen molar-refractivity contribution in [3.05, 3.63) is 76.0 Å². The SMILES string of the molecule is O=C(Cn1cnc2ccccc2c1=O)N1CCC[C@@H](c2nnc(-c3ccccc3F)s2)C1. The molecule has 9 heteroatoms. The Balaban J connectivity index is 1.31. The lowest BCUT2D eigenvalue weighted by atomic mass is 9.99. The van der Waals surface area contributed by atoms with Crippen LogP contribution in [0.1, 0.15) is 23.8 Å². The molecule has 1 aliphatic heterocycles. The minimum absolute atomic E-state index is 0.0390. The van der Waals surface area contributed by atoms with Gasteiger partial charge in [0.15, 0.2) is 5.01 Å². The number of aromatic nitrogens is 4. The molecular formula is C23H20FN5O2S. The Kier molecular flexibility index (Phi) is 5.48. The Morgan fingerprint density at radius 2 is 1.94 bits per heavy atom. The maximum Gasteiger partial charge on any atom is 0.261 e. The van der Waals surface area contributed by atoms with Crippen LogP contribution in [0.25, 0.3) is 21.5 Å². The second kappa shape index (κ2) is 8.58. The molecule has 0 aliphatic carbocycles. The highest BCUT2D eigenvalue weighted by Crippen LogP contribution is 2.33. The number of carbonyl (C=O) groups excluding carboxylic acids is 1. The molecule has 0 saturated carbocycles. The molecule has 32 heavy (non-hydrogen) atoms. The lowest BCUT2D eigenvalue weighted by Gasteiger charge is -2.31. The molecule has 5 rings (SSSR count). The van der Waals surface area contributed by atoms with Gasteiger partial charge in [-0.25, -0.2) is 9.37 Å². The topological polar surface area (TPSA) is 81.0 Å². The lowest BCUT2D eigenvalue weighted by Crippen LogP contribution is -2.42. The Morgan fingerprint density at radius 3 is 2.81 bits per heavy atom. The van der Waals surface area contributed by atoms with Crippen LogP contribution in [-0.2, 0) is 11.3 Å². The number of halogens is 1. The summed E-state index contributed by atoms with van der Waals surface area (Å²) in [6, 6.07) is 13.6. The van der Waals surface area contributed by atoms with Gasteiger partial charge in [0.1, 0.15) is 17.4 Å². The molecule has 1 amide bonds. The molecule has 1 atom stereocenters. The van der Waals surface area contributed by atoms with Crippen molar-refractivity contribution in [2.24, 2.45) is 0 Å². The molecule has 3 heterocycles.